The number of benzene rings is 1. The lowest BCUT2D eigenvalue weighted by Gasteiger charge is -1.96. The number of hydrogen-bond acceptors (Lipinski definition) is 3. The maximum atomic E-state index is 13.2. The number of hydrazone groups is 1. The molecule has 0 aliphatic heterocycles. The first kappa shape index (κ1) is 7.79. The van der Waals surface area contributed by atoms with Crippen LogP contribution in [0.25, 0.3) is 11.0 Å². The zero-order valence-corrected chi connectivity index (χ0v) is 6.70. The molecule has 0 amide bonds. The van der Waals surface area contributed by atoms with E-state index < -0.39 is 0 Å². The number of rotatable bonds is 1. The van der Waals surface area contributed by atoms with Crippen LogP contribution in [0.15, 0.2) is 34.0 Å². The van der Waals surface area contributed by atoms with Crippen molar-refractivity contribution in [1.82, 2.24) is 0 Å². The second-order valence-electron chi connectivity index (χ2n) is 2.57. The standard InChI is InChI=1S/C9H7FN2O/c10-8-1-2-9-6(3-4-13-9)7(8)5-12-11/h1-5H,11H2. The summed E-state index contributed by atoms with van der Waals surface area (Å²) in [5.41, 5.74) is 0.977. The molecule has 0 atom stereocenters. The summed E-state index contributed by atoms with van der Waals surface area (Å²) in [7, 11) is 0. The Kier molecular flexibility index (Phi) is 1.73. The summed E-state index contributed by atoms with van der Waals surface area (Å²) in [6.45, 7) is 0. The van der Waals surface area contributed by atoms with Gasteiger partial charge in [0.1, 0.15) is 11.4 Å². The minimum absolute atomic E-state index is 0.355. The van der Waals surface area contributed by atoms with Crippen LogP contribution in [0.3, 0.4) is 0 Å². The topological polar surface area (TPSA) is 51.5 Å². The first-order valence-corrected chi connectivity index (χ1v) is 3.72. The van der Waals surface area contributed by atoms with Gasteiger partial charge in [-0.25, -0.2) is 4.39 Å². The molecule has 13 heavy (non-hydrogen) atoms. The van der Waals surface area contributed by atoms with Crippen molar-refractivity contribution in [3.63, 3.8) is 0 Å². The van der Waals surface area contributed by atoms with Crippen molar-refractivity contribution in [1.29, 1.82) is 0 Å². The summed E-state index contributed by atoms with van der Waals surface area (Å²) < 4.78 is 18.3. The zero-order valence-electron chi connectivity index (χ0n) is 6.70. The second-order valence-corrected chi connectivity index (χ2v) is 2.57. The summed E-state index contributed by atoms with van der Waals surface area (Å²) in [4.78, 5) is 0. The van der Waals surface area contributed by atoms with Crippen LogP contribution >= 0.6 is 0 Å². The lowest BCUT2D eigenvalue weighted by Crippen LogP contribution is -1.91. The first-order valence-electron chi connectivity index (χ1n) is 3.72. The quantitative estimate of drug-likeness (QED) is 0.411. The van der Waals surface area contributed by atoms with E-state index in [2.05, 4.69) is 5.10 Å². The van der Waals surface area contributed by atoms with Crippen LogP contribution < -0.4 is 5.84 Å². The van der Waals surface area contributed by atoms with Crippen molar-refractivity contribution in [2.24, 2.45) is 10.9 Å². The number of furan rings is 1. The summed E-state index contributed by atoms with van der Waals surface area (Å²) in [6, 6.07) is 4.57. The van der Waals surface area contributed by atoms with Gasteiger partial charge in [0, 0.05) is 10.9 Å². The summed E-state index contributed by atoms with van der Waals surface area (Å²) in [5, 5.41) is 3.97. The Morgan fingerprint density at radius 2 is 2.23 bits per heavy atom. The maximum absolute atomic E-state index is 13.2. The highest BCUT2D eigenvalue weighted by Crippen LogP contribution is 2.20. The molecule has 2 rings (SSSR count). The molecule has 3 nitrogen and oxygen atoms in total. The van der Waals surface area contributed by atoms with Crippen molar-refractivity contribution in [3.8, 4) is 0 Å². The van der Waals surface area contributed by atoms with E-state index in [9.17, 15) is 4.39 Å². The number of halogens is 1. The fraction of sp³-hybridized carbons (Fsp3) is 0. The van der Waals surface area contributed by atoms with Crippen LogP contribution in [0.5, 0.6) is 0 Å². The van der Waals surface area contributed by atoms with Gasteiger partial charge in [-0.15, -0.1) is 0 Å². The molecule has 0 fully saturated rings. The van der Waals surface area contributed by atoms with E-state index in [4.69, 9.17) is 10.3 Å². The van der Waals surface area contributed by atoms with Crippen LogP contribution in [-0.4, -0.2) is 6.21 Å². The van der Waals surface area contributed by atoms with Gasteiger partial charge in [-0.05, 0) is 18.2 Å². The Morgan fingerprint density at radius 1 is 1.38 bits per heavy atom. The highest BCUT2D eigenvalue weighted by molar-refractivity contribution is 5.97. The van der Waals surface area contributed by atoms with Crippen LogP contribution in [0.1, 0.15) is 5.56 Å². The van der Waals surface area contributed by atoms with Gasteiger partial charge in [-0.1, -0.05) is 0 Å². The number of fused-ring (bicyclic) bond motifs is 1. The Bertz CT molecular complexity index is 462. The minimum atomic E-state index is -0.358. The normalized spacial score (nSPS) is 11.5. The number of nitrogens with two attached hydrogens (primary N) is 1. The van der Waals surface area contributed by atoms with E-state index >= 15 is 0 Å². The molecule has 1 aromatic carbocycles. The van der Waals surface area contributed by atoms with Gasteiger partial charge in [0.2, 0.25) is 0 Å². The van der Waals surface area contributed by atoms with E-state index in [1.165, 1.54) is 18.5 Å². The Hall–Kier alpha value is -1.84. The fourth-order valence-electron chi connectivity index (χ4n) is 1.25. The summed E-state index contributed by atoms with van der Waals surface area (Å²) in [5.74, 6) is 4.60. The van der Waals surface area contributed by atoms with Crippen LogP contribution in [0.4, 0.5) is 4.39 Å². The van der Waals surface area contributed by atoms with Gasteiger partial charge < -0.3 is 10.3 Å². The van der Waals surface area contributed by atoms with E-state index in [-0.39, 0.29) is 5.82 Å². The van der Waals surface area contributed by atoms with E-state index in [1.54, 1.807) is 12.1 Å². The average molecular weight is 178 g/mol. The molecule has 0 saturated heterocycles. The lowest BCUT2D eigenvalue weighted by molar-refractivity contribution is 0.609. The Labute approximate surface area is 73.6 Å². The molecule has 2 N–H and O–H groups in total. The molecule has 66 valence electrons. The van der Waals surface area contributed by atoms with Gasteiger partial charge >= 0.3 is 0 Å². The predicted octanol–water partition coefficient (Wildman–Crippen LogP) is 1.86. The molecule has 0 saturated carbocycles. The first-order chi connectivity index (χ1) is 6.33. The molecular weight excluding hydrogens is 171 g/mol. The predicted molar refractivity (Wildman–Crippen MR) is 48.0 cm³/mol. The van der Waals surface area contributed by atoms with Crippen LogP contribution in [-0.2, 0) is 0 Å². The van der Waals surface area contributed by atoms with Crippen molar-refractivity contribution in [2.45, 2.75) is 0 Å². The van der Waals surface area contributed by atoms with E-state index in [0.717, 1.165) is 0 Å². The highest BCUT2D eigenvalue weighted by Gasteiger charge is 2.06. The monoisotopic (exact) mass is 178 g/mol. The third kappa shape index (κ3) is 1.16. The van der Waals surface area contributed by atoms with Gasteiger partial charge in [0.15, 0.2) is 0 Å². The summed E-state index contributed by atoms with van der Waals surface area (Å²) >= 11 is 0. The van der Waals surface area contributed by atoms with Gasteiger partial charge in [-0.3, -0.25) is 0 Å². The molecular formula is C9H7FN2O. The van der Waals surface area contributed by atoms with Gasteiger partial charge in [0.05, 0.1) is 12.5 Å². The van der Waals surface area contributed by atoms with E-state index in [1.807, 2.05) is 0 Å². The smallest absolute Gasteiger partial charge is 0.134 e. The number of nitrogens with zero attached hydrogens (tertiary/aromatic N) is 1. The van der Waals surface area contributed by atoms with Crippen molar-refractivity contribution in [3.05, 3.63) is 35.8 Å². The van der Waals surface area contributed by atoms with Crippen molar-refractivity contribution < 1.29 is 8.81 Å². The minimum Gasteiger partial charge on any atom is -0.464 e. The second kappa shape index (κ2) is 2.90. The largest absolute Gasteiger partial charge is 0.464 e. The third-order valence-electron chi connectivity index (χ3n) is 1.83. The van der Waals surface area contributed by atoms with Gasteiger partial charge in [0.25, 0.3) is 0 Å². The molecule has 1 aromatic heterocycles. The average Bonchev–Trinajstić information content (AvgIpc) is 2.58. The fourth-order valence-corrected chi connectivity index (χ4v) is 1.25. The maximum Gasteiger partial charge on any atom is 0.134 e. The number of hydrogen-bond donors (Lipinski definition) is 1. The SMILES string of the molecule is NN=Cc1c(F)ccc2occc12. The van der Waals surface area contributed by atoms with Crippen molar-refractivity contribution in [2.75, 3.05) is 0 Å². The lowest BCUT2D eigenvalue weighted by atomic mass is 10.1. The molecule has 0 spiro atoms. The Balaban J connectivity index is 2.80. The van der Waals surface area contributed by atoms with Crippen molar-refractivity contribution >= 4 is 17.2 Å². The van der Waals surface area contributed by atoms with Crippen LogP contribution in [0, 0.1) is 5.82 Å². The molecule has 0 unspecified atom stereocenters. The highest BCUT2D eigenvalue weighted by atomic mass is 19.1. The molecule has 4 heteroatoms. The summed E-state index contributed by atoms with van der Waals surface area (Å²) in [6.07, 6.45) is 2.77. The zero-order chi connectivity index (χ0) is 9.26. The van der Waals surface area contributed by atoms with E-state index in [0.29, 0.717) is 16.5 Å². The molecule has 0 aliphatic rings. The third-order valence-corrected chi connectivity index (χ3v) is 1.83. The molecule has 2 aromatic rings. The molecule has 0 bridgehead atoms. The molecule has 0 aliphatic carbocycles. The molecule has 0 radical (unpaired) electrons. The van der Waals surface area contributed by atoms with Crippen LogP contribution in [0.2, 0.25) is 0 Å². The Morgan fingerprint density at radius 3 is 3.00 bits per heavy atom. The van der Waals surface area contributed by atoms with Gasteiger partial charge in [-0.2, -0.15) is 5.10 Å². The molecule has 1 heterocycles.